The second-order valence-corrected chi connectivity index (χ2v) is 8.66. The highest BCUT2D eigenvalue weighted by atomic mass is 16.1. The maximum Gasteiger partial charge on any atom is 0.156 e. The summed E-state index contributed by atoms with van der Waals surface area (Å²) in [5.41, 5.74) is 2.04. The molecule has 126 valence electrons. The number of allylic oxidation sites excluding steroid dienone is 2. The van der Waals surface area contributed by atoms with Gasteiger partial charge in [0, 0.05) is 30.1 Å². The third-order valence-electron chi connectivity index (χ3n) is 7.80. The predicted octanol–water partition coefficient (Wildman–Crippen LogP) is 4.26. The topological polar surface area (TPSA) is 34.1 Å². The number of Topliss-reactive ketones (excluding diaryl/α,β-unsaturated/α-hetero) is 1. The first kappa shape index (κ1) is 15.9. The molecule has 4 aliphatic carbocycles. The van der Waals surface area contributed by atoms with Gasteiger partial charge in [-0.3, -0.25) is 9.59 Å². The van der Waals surface area contributed by atoms with Crippen LogP contribution in [0.15, 0.2) is 23.8 Å². The Balaban J connectivity index is 1.80. The highest BCUT2D eigenvalue weighted by Gasteiger charge is 2.60. The smallest absolute Gasteiger partial charge is 0.156 e. The van der Waals surface area contributed by atoms with Crippen molar-refractivity contribution in [2.24, 2.45) is 28.6 Å². The van der Waals surface area contributed by atoms with Gasteiger partial charge in [0.15, 0.2) is 5.78 Å². The Morgan fingerprint density at radius 3 is 2.79 bits per heavy atom. The number of carbonyl (C=O) groups excluding carboxylic acids is 2. The van der Waals surface area contributed by atoms with Gasteiger partial charge < -0.3 is 0 Å². The number of terminal acetylenes is 1. The monoisotopic (exact) mass is 322 g/mol. The van der Waals surface area contributed by atoms with E-state index in [-0.39, 0.29) is 16.6 Å². The van der Waals surface area contributed by atoms with Crippen LogP contribution < -0.4 is 0 Å². The first-order valence-electron chi connectivity index (χ1n) is 9.32. The second-order valence-electron chi connectivity index (χ2n) is 8.66. The number of hydrogen-bond acceptors (Lipinski definition) is 2. The Kier molecular flexibility index (Phi) is 3.43. The highest BCUT2D eigenvalue weighted by Crippen LogP contribution is 2.66. The molecule has 3 fully saturated rings. The molecule has 0 aromatic heterocycles. The van der Waals surface area contributed by atoms with Crippen LogP contribution >= 0.6 is 0 Å². The van der Waals surface area contributed by atoms with E-state index in [1.807, 2.05) is 6.08 Å². The standard InChI is InChI=1S/C22H26O2/c1-4-9-22-11-7-15(23)13-19(22)14(2)12-16-17-5-6-20(24)21(17,3)10-8-18(16)22/h1,13,16-18H,2,5-12H2,3H3/t16-,17-,18-,21-,22+/m0/s1. The van der Waals surface area contributed by atoms with Gasteiger partial charge in [-0.1, -0.05) is 19.1 Å². The molecule has 0 aliphatic heterocycles. The van der Waals surface area contributed by atoms with Crippen LogP contribution in [-0.4, -0.2) is 11.6 Å². The van der Waals surface area contributed by atoms with Crippen molar-refractivity contribution in [3.63, 3.8) is 0 Å². The van der Waals surface area contributed by atoms with E-state index in [9.17, 15) is 9.59 Å². The van der Waals surface area contributed by atoms with Crippen molar-refractivity contribution in [2.75, 3.05) is 0 Å². The number of hydrogen-bond donors (Lipinski definition) is 0. The Hall–Kier alpha value is -1.62. The van der Waals surface area contributed by atoms with E-state index >= 15 is 0 Å². The van der Waals surface area contributed by atoms with Gasteiger partial charge in [0.1, 0.15) is 5.78 Å². The summed E-state index contributed by atoms with van der Waals surface area (Å²) in [5.74, 6) is 5.06. The van der Waals surface area contributed by atoms with Gasteiger partial charge >= 0.3 is 0 Å². The SMILES string of the molecule is C#CC[C@]12CCC(=O)C=C1C(=C)C[C@@H]1[C@@H]2CC[C@]2(C)C(=O)CC[C@@H]12. The summed E-state index contributed by atoms with van der Waals surface area (Å²) in [4.78, 5) is 24.5. The maximum absolute atomic E-state index is 12.5. The normalized spacial score (nSPS) is 44.2. The Bertz CT molecular complexity index is 706. The lowest BCUT2D eigenvalue weighted by atomic mass is 9.45. The lowest BCUT2D eigenvalue weighted by Crippen LogP contribution is -2.52. The molecule has 0 radical (unpaired) electrons. The van der Waals surface area contributed by atoms with Crippen LogP contribution in [0.4, 0.5) is 0 Å². The molecule has 24 heavy (non-hydrogen) atoms. The van der Waals surface area contributed by atoms with E-state index < -0.39 is 0 Å². The number of rotatable bonds is 1. The molecule has 0 unspecified atom stereocenters. The minimum Gasteiger partial charge on any atom is -0.299 e. The fourth-order valence-corrected chi connectivity index (χ4v) is 6.62. The van der Waals surface area contributed by atoms with E-state index in [0.717, 1.165) is 49.7 Å². The Labute approximate surface area is 144 Å². The first-order valence-corrected chi connectivity index (χ1v) is 9.32. The number of ketones is 2. The third kappa shape index (κ3) is 1.91. The summed E-state index contributed by atoms with van der Waals surface area (Å²) >= 11 is 0. The molecule has 0 aromatic carbocycles. The molecule has 2 nitrogen and oxygen atoms in total. The summed E-state index contributed by atoms with van der Waals surface area (Å²) in [6.07, 6.45) is 14.5. The predicted molar refractivity (Wildman–Crippen MR) is 94.0 cm³/mol. The molecule has 2 heteroatoms. The van der Waals surface area contributed by atoms with Crippen LogP contribution in [0.1, 0.15) is 58.3 Å². The van der Waals surface area contributed by atoms with Crippen molar-refractivity contribution >= 4 is 11.6 Å². The van der Waals surface area contributed by atoms with Crippen LogP contribution in [-0.2, 0) is 9.59 Å². The minimum absolute atomic E-state index is 0.0738. The zero-order chi connectivity index (χ0) is 17.1. The van der Waals surface area contributed by atoms with Crippen molar-refractivity contribution in [1.29, 1.82) is 0 Å². The van der Waals surface area contributed by atoms with Crippen molar-refractivity contribution in [1.82, 2.24) is 0 Å². The lowest BCUT2D eigenvalue weighted by molar-refractivity contribution is -0.132. The van der Waals surface area contributed by atoms with Gasteiger partial charge in [0.05, 0.1) is 0 Å². The third-order valence-corrected chi connectivity index (χ3v) is 7.80. The molecule has 0 amide bonds. The largest absolute Gasteiger partial charge is 0.299 e. The van der Waals surface area contributed by atoms with Crippen molar-refractivity contribution in [2.45, 2.75) is 58.3 Å². The fraction of sp³-hybridized carbons (Fsp3) is 0.636. The van der Waals surface area contributed by atoms with Gasteiger partial charge in [0.2, 0.25) is 0 Å². The summed E-state index contributed by atoms with van der Waals surface area (Å²) in [6.45, 7) is 6.52. The van der Waals surface area contributed by atoms with E-state index in [1.54, 1.807) is 0 Å². The van der Waals surface area contributed by atoms with Crippen molar-refractivity contribution in [3.05, 3.63) is 23.8 Å². The maximum atomic E-state index is 12.5. The molecule has 0 bridgehead atoms. The summed E-state index contributed by atoms with van der Waals surface area (Å²) < 4.78 is 0. The highest BCUT2D eigenvalue weighted by molar-refractivity contribution is 5.92. The van der Waals surface area contributed by atoms with E-state index in [0.29, 0.717) is 36.4 Å². The van der Waals surface area contributed by atoms with E-state index in [2.05, 4.69) is 19.4 Å². The Morgan fingerprint density at radius 1 is 1.25 bits per heavy atom. The van der Waals surface area contributed by atoms with Gasteiger partial charge in [-0.25, -0.2) is 0 Å². The van der Waals surface area contributed by atoms with Gasteiger partial charge in [-0.05, 0) is 61.5 Å². The van der Waals surface area contributed by atoms with E-state index in [4.69, 9.17) is 6.42 Å². The lowest BCUT2D eigenvalue weighted by Gasteiger charge is -2.58. The van der Waals surface area contributed by atoms with Gasteiger partial charge in [-0.15, -0.1) is 12.3 Å². The zero-order valence-electron chi connectivity index (χ0n) is 14.6. The first-order chi connectivity index (χ1) is 11.4. The molecule has 0 aromatic rings. The Morgan fingerprint density at radius 2 is 2.04 bits per heavy atom. The van der Waals surface area contributed by atoms with Gasteiger partial charge in [-0.2, -0.15) is 0 Å². The molecule has 0 N–H and O–H groups in total. The minimum atomic E-state index is -0.134. The molecule has 0 heterocycles. The molecule has 4 rings (SSSR count). The van der Waals surface area contributed by atoms with Crippen LogP contribution in [0.5, 0.6) is 0 Å². The molecular weight excluding hydrogens is 296 g/mol. The quantitative estimate of drug-likeness (QED) is 0.676. The zero-order valence-corrected chi connectivity index (χ0v) is 14.6. The van der Waals surface area contributed by atoms with Crippen molar-refractivity contribution < 1.29 is 9.59 Å². The average Bonchev–Trinajstić information content (AvgIpc) is 2.85. The number of fused-ring (bicyclic) bond motifs is 5. The van der Waals surface area contributed by atoms with Gasteiger partial charge in [0.25, 0.3) is 0 Å². The molecule has 4 aliphatic rings. The molecule has 0 spiro atoms. The molecule has 0 saturated heterocycles. The van der Waals surface area contributed by atoms with Crippen LogP contribution in [0.25, 0.3) is 0 Å². The summed E-state index contributed by atoms with van der Waals surface area (Å²) in [7, 11) is 0. The summed E-state index contributed by atoms with van der Waals surface area (Å²) in [6, 6.07) is 0. The molecule has 5 atom stereocenters. The van der Waals surface area contributed by atoms with Crippen LogP contribution in [0.3, 0.4) is 0 Å². The molecular formula is C22H26O2. The number of carbonyl (C=O) groups is 2. The molecule has 3 saturated carbocycles. The van der Waals surface area contributed by atoms with Crippen molar-refractivity contribution in [3.8, 4) is 12.3 Å². The fourth-order valence-electron chi connectivity index (χ4n) is 6.62. The van der Waals surface area contributed by atoms with E-state index in [1.165, 1.54) is 0 Å². The summed E-state index contributed by atoms with van der Waals surface area (Å²) in [5, 5.41) is 0. The second kappa shape index (κ2) is 5.19. The average molecular weight is 322 g/mol. The van der Waals surface area contributed by atoms with Crippen LogP contribution in [0.2, 0.25) is 0 Å². The van der Waals surface area contributed by atoms with Crippen LogP contribution in [0, 0.1) is 40.9 Å².